The van der Waals surface area contributed by atoms with Gasteiger partial charge in [0.15, 0.2) is 0 Å². The molecule has 20 heavy (non-hydrogen) atoms. The van der Waals surface area contributed by atoms with Crippen molar-refractivity contribution in [2.45, 2.75) is 6.61 Å². The van der Waals surface area contributed by atoms with E-state index in [1.54, 1.807) is 11.4 Å². The van der Waals surface area contributed by atoms with Crippen molar-refractivity contribution in [2.75, 3.05) is 12.4 Å². The Morgan fingerprint density at radius 3 is 2.65 bits per heavy atom. The van der Waals surface area contributed by atoms with Gasteiger partial charge in [-0.15, -0.1) is 11.3 Å². The minimum absolute atomic E-state index is 0.172. The number of amides is 1. The molecule has 0 radical (unpaired) electrons. The maximum absolute atomic E-state index is 11.7. The van der Waals surface area contributed by atoms with Crippen LogP contribution in [0, 0.1) is 0 Å². The van der Waals surface area contributed by atoms with E-state index < -0.39 is 12.1 Å². The van der Waals surface area contributed by atoms with Crippen LogP contribution in [0.1, 0.15) is 15.9 Å². The molecule has 0 atom stereocenters. The van der Waals surface area contributed by atoms with Gasteiger partial charge in [0.25, 0.3) is 0 Å². The fourth-order valence-corrected chi connectivity index (χ4v) is 2.29. The molecular formula is C14H13NO4S. The molecule has 5 nitrogen and oxygen atoms in total. The van der Waals surface area contributed by atoms with Gasteiger partial charge in [-0.25, -0.2) is 9.59 Å². The molecule has 0 aliphatic rings. The average Bonchev–Trinajstić information content (AvgIpc) is 2.93. The summed E-state index contributed by atoms with van der Waals surface area (Å²) in [5.41, 5.74) is 1.20. The van der Waals surface area contributed by atoms with E-state index in [0.29, 0.717) is 10.6 Å². The Labute approximate surface area is 120 Å². The van der Waals surface area contributed by atoms with Crippen LogP contribution in [0.15, 0.2) is 41.8 Å². The van der Waals surface area contributed by atoms with Crippen molar-refractivity contribution in [1.82, 2.24) is 0 Å². The van der Waals surface area contributed by atoms with Crippen molar-refractivity contribution in [2.24, 2.45) is 0 Å². The summed E-state index contributed by atoms with van der Waals surface area (Å²) in [7, 11) is 1.29. The van der Waals surface area contributed by atoms with E-state index in [9.17, 15) is 9.59 Å². The summed E-state index contributed by atoms with van der Waals surface area (Å²) in [5, 5.41) is 4.64. The van der Waals surface area contributed by atoms with Crippen LogP contribution in [-0.4, -0.2) is 19.2 Å². The highest BCUT2D eigenvalue weighted by Gasteiger charge is 2.15. The monoisotopic (exact) mass is 291 g/mol. The van der Waals surface area contributed by atoms with Crippen molar-refractivity contribution in [1.29, 1.82) is 0 Å². The fraction of sp³-hybridized carbons (Fsp3) is 0.143. The van der Waals surface area contributed by atoms with E-state index in [0.717, 1.165) is 5.56 Å². The molecule has 1 N–H and O–H groups in total. The summed E-state index contributed by atoms with van der Waals surface area (Å²) in [6.45, 7) is 0.172. The molecule has 0 fully saturated rings. The van der Waals surface area contributed by atoms with Gasteiger partial charge in [-0.05, 0) is 17.0 Å². The van der Waals surface area contributed by atoms with Crippen LogP contribution in [0.25, 0.3) is 0 Å². The first kappa shape index (κ1) is 14.1. The lowest BCUT2D eigenvalue weighted by Crippen LogP contribution is -2.15. The zero-order chi connectivity index (χ0) is 14.4. The van der Waals surface area contributed by atoms with E-state index in [4.69, 9.17) is 4.74 Å². The Hall–Kier alpha value is -2.34. The third-order valence-corrected chi connectivity index (χ3v) is 3.33. The molecule has 0 saturated heterocycles. The van der Waals surface area contributed by atoms with Crippen molar-refractivity contribution in [3.8, 4) is 0 Å². The van der Waals surface area contributed by atoms with Crippen molar-refractivity contribution in [3.63, 3.8) is 0 Å². The van der Waals surface area contributed by atoms with Gasteiger partial charge in [-0.2, -0.15) is 0 Å². The SMILES string of the molecule is COC(=O)c1ccsc1NC(=O)OCc1ccccc1. The number of carbonyl (C=O) groups excluding carboxylic acids is 2. The summed E-state index contributed by atoms with van der Waals surface area (Å²) in [5.74, 6) is -0.496. The molecule has 1 amide bonds. The van der Waals surface area contributed by atoms with E-state index in [-0.39, 0.29) is 6.61 Å². The molecule has 0 bridgehead atoms. The van der Waals surface area contributed by atoms with Crippen LogP contribution in [0.3, 0.4) is 0 Å². The number of carbonyl (C=O) groups is 2. The molecule has 1 heterocycles. The molecule has 2 aromatic rings. The number of hydrogen-bond donors (Lipinski definition) is 1. The number of methoxy groups -OCH3 is 1. The van der Waals surface area contributed by atoms with Crippen LogP contribution in [0.4, 0.5) is 9.80 Å². The predicted molar refractivity (Wildman–Crippen MR) is 75.9 cm³/mol. The Balaban J connectivity index is 1.92. The van der Waals surface area contributed by atoms with E-state index >= 15 is 0 Å². The Bertz CT molecular complexity index is 594. The smallest absolute Gasteiger partial charge is 0.412 e. The molecule has 0 spiro atoms. The van der Waals surface area contributed by atoms with Crippen molar-refractivity contribution >= 4 is 28.4 Å². The minimum atomic E-state index is -0.610. The first-order valence-electron chi connectivity index (χ1n) is 5.84. The van der Waals surface area contributed by atoms with E-state index in [1.165, 1.54) is 18.4 Å². The lowest BCUT2D eigenvalue weighted by atomic mass is 10.2. The molecular weight excluding hydrogens is 278 g/mol. The number of benzene rings is 1. The molecule has 0 unspecified atom stereocenters. The zero-order valence-corrected chi connectivity index (χ0v) is 11.6. The number of hydrogen-bond acceptors (Lipinski definition) is 5. The molecule has 0 aliphatic heterocycles. The first-order chi connectivity index (χ1) is 9.70. The first-order valence-corrected chi connectivity index (χ1v) is 6.72. The van der Waals surface area contributed by atoms with Gasteiger partial charge in [0, 0.05) is 0 Å². The van der Waals surface area contributed by atoms with Gasteiger partial charge in [-0.1, -0.05) is 30.3 Å². The number of ether oxygens (including phenoxy) is 2. The van der Waals surface area contributed by atoms with Gasteiger partial charge >= 0.3 is 12.1 Å². The molecule has 6 heteroatoms. The number of nitrogens with one attached hydrogen (secondary N) is 1. The highest BCUT2D eigenvalue weighted by molar-refractivity contribution is 7.14. The molecule has 1 aromatic heterocycles. The quantitative estimate of drug-likeness (QED) is 0.878. The Morgan fingerprint density at radius 1 is 1.20 bits per heavy atom. The number of anilines is 1. The van der Waals surface area contributed by atoms with Crippen molar-refractivity contribution < 1.29 is 19.1 Å². The number of rotatable bonds is 4. The van der Waals surface area contributed by atoms with Crippen LogP contribution in [0.2, 0.25) is 0 Å². The second kappa shape index (κ2) is 6.72. The highest BCUT2D eigenvalue weighted by Crippen LogP contribution is 2.24. The molecule has 0 aliphatic carbocycles. The standard InChI is InChI=1S/C14H13NO4S/c1-18-13(16)11-7-8-20-12(11)15-14(17)19-9-10-5-3-2-4-6-10/h2-8H,9H2,1H3,(H,15,17). The van der Waals surface area contributed by atoms with Crippen LogP contribution >= 0.6 is 11.3 Å². The summed E-state index contributed by atoms with van der Waals surface area (Å²) in [6.07, 6.45) is -0.610. The normalized spacial score (nSPS) is 9.85. The number of thiophene rings is 1. The molecule has 1 aromatic carbocycles. The van der Waals surface area contributed by atoms with Crippen molar-refractivity contribution in [3.05, 3.63) is 52.9 Å². The molecule has 2 rings (SSSR count). The third kappa shape index (κ3) is 3.58. The zero-order valence-electron chi connectivity index (χ0n) is 10.8. The summed E-state index contributed by atoms with van der Waals surface area (Å²) in [6, 6.07) is 10.9. The largest absolute Gasteiger partial charge is 0.465 e. The van der Waals surface area contributed by atoms with Gasteiger partial charge in [0.05, 0.1) is 12.7 Å². The third-order valence-electron chi connectivity index (χ3n) is 2.50. The summed E-state index contributed by atoms with van der Waals surface area (Å²) >= 11 is 1.23. The Morgan fingerprint density at radius 2 is 1.95 bits per heavy atom. The van der Waals surface area contributed by atoms with E-state index in [1.807, 2.05) is 30.3 Å². The van der Waals surface area contributed by atoms with E-state index in [2.05, 4.69) is 10.1 Å². The second-order valence-electron chi connectivity index (χ2n) is 3.84. The maximum Gasteiger partial charge on any atom is 0.412 e. The lowest BCUT2D eigenvalue weighted by molar-refractivity contribution is 0.0602. The van der Waals surface area contributed by atoms with Gasteiger partial charge in [0.2, 0.25) is 0 Å². The highest BCUT2D eigenvalue weighted by atomic mass is 32.1. The van der Waals surface area contributed by atoms with Crippen LogP contribution < -0.4 is 5.32 Å². The van der Waals surface area contributed by atoms with Gasteiger partial charge < -0.3 is 9.47 Å². The summed E-state index contributed by atoms with van der Waals surface area (Å²) < 4.78 is 9.70. The maximum atomic E-state index is 11.7. The summed E-state index contributed by atoms with van der Waals surface area (Å²) in [4.78, 5) is 23.1. The van der Waals surface area contributed by atoms with Crippen LogP contribution in [0.5, 0.6) is 0 Å². The molecule has 0 saturated carbocycles. The lowest BCUT2D eigenvalue weighted by Gasteiger charge is -2.07. The molecule has 104 valence electrons. The van der Waals surface area contributed by atoms with Gasteiger partial charge in [-0.3, -0.25) is 5.32 Å². The topological polar surface area (TPSA) is 64.6 Å². The Kier molecular flexibility index (Phi) is 4.73. The average molecular weight is 291 g/mol. The van der Waals surface area contributed by atoms with Gasteiger partial charge in [0.1, 0.15) is 11.6 Å². The number of esters is 1. The predicted octanol–water partition coefficient (Wildman–Crippen LogP) is 3.28. The second-order valence-corrected chi connectivity index (χ2v) is 4.76. The van der Waals surface area contributed by atoms with Crippen LogP contribution in [-0.2, 0) is 16.1 Å². The fourth-order valence-electron chi connectivity index (χ4n) is 1.53. The minimum Gasteiger partial charge on any atom is -0.465 e.